The van der Waals surface area contributed by atoms with Crippen molar-refractivity contribution in [2.75, 3.05) is 13.2 Å². The number of ether oxygens (including phenoxy) is 2. The number of rotatable bonds is 5. The van der Waals surface area contributed by atoms with Gasteiger partial charge in [0.15, 0.2) is 22.8 Å². The summed E-state index contributed by atoms with van der Waals surface area (Å²) in [6, 6.07) is 2.73. The van der Waals surface area contributed by atoms with Crippen LogP contribution >= 0.6 is 0 Å². The summed E-state index contributed by atoms with van der Waals surface area (Å²) >= 11 is 0. The second-order valence-corrected chi connectivity index (χ2v) is 10.9. The van der Waals surface area contributed by atoms with Crippen molar-refractivity contribution in [3.63, 3.8) is 0 Å². The molecule has 252 valence electrons. The fourth-order valence-electron chi connectivity index (χ4n) is 5.64. The summed E-state index contributed by atoms with van der Waals surface area (Å²) in [5.41, 5.74) is -5.98. The predicted octanol–water partition coefficient (Wildman–Crippen LogP) is -4.77. The minimum absolute atomic E-state index is 0.339. The van der Waals surface area contributed by atoms with Crippen molar-refractivity contribution in [1.82, 2.24) is 0 Å². The van der Waals surface area contributed by atoms with E-state index in [4.69, 9.17) is 13.9 Å². The van der Waals surface area contributed by atoms with E-state index in [1.165, 1.54) is 0 Å². The first kappa shape index (κ1) is 33.5. The van der Waals surface area contributed by atoms with Crippen LogP contribution in [-0.4, -0.2) is 139 Å². The summed E-state index contributed by atoms with van der Waals surface area (Å²) in [4.78, 5) is 13.6. The van der Waals surface area contributed by atoms with Crippen LogP contribution in [0.4, 0.5) is 0 Å². The van der Waals surface area contributed by atoms with Gasteiger partial charge in [0.2, 0.25) is 22.8 Å². The number of aromatic hydroxyl groups is 5. The van der Waals surface area contributed by atoms with Gasteiger partial charge in [-0.1, -0.05) is 0 Å². The zero-order valence-corrected chi connectivity index (χ0v) is 23.1. The molecule has 0 amide bonds. The van der Waals surface area contributed by atoms with Crippen LogP contribution < -0.4 is 5.43 Å². The molecule has 0 spiro atoms. The Bertz CT molecular complexity index is 1720. The van der Waals surface area contributed by atoms with Crippen molar-refractivity contribution < 1.29 is 90.5 Å². The molecule has 19 nitrogen and oxygen atoms in total. The smallest absolute Gasteiger partial charge is 0.238 e. The minimum atomic E-state index is -3.59. The van der Waals surface area contributed by atoms with Crippen molar-refractivity contribution in [3.8, 4) is 40.1 Å². The van der Waals surface area contributed by atoms with Crippen molar-refractivity contribution in [2.45, 2.75) is 60.4 Å². The average Bonchev–Trinajstić information content (AvgIpc) is 3.01. The molecule has 15 N–H and O–H groups in total. The molecule has 19 heteroatoms. The fraction of sp³-hybridized carbons (Fsp3) is 0.444. The molecule has 0 aliphatic carbocycles. The van der Waals surface area contributed by atoms with Crippen LogP contribution in [0.5, 0.6) is 28.7 Å². The van der Waals surface area contributed by atoms with Gasteiger partial charge in [-0.3, -0.25) is 4.79 Å². The molecular weight excluding hydrogens is 628 g/mol. The standard InChI is InChI=1S/C27H30O19/c28-4-9-14(32)20(38)24(40)26(42,45-9)12-16(34)11-17(35)19(37)22(6-1-2-7(30)8(31)3-6)44-23(11)13(18(12)36)27(43)25(41)21(39)15(33)10(5-29)46-27/h1-3,9-10,14-15,20-21,24-25,28-34,36-43H,4-5H2. The number of benzene rings is 2. The predicted molar refractivity (Wildman–Crippen MR) is 144 cm³/mol. The Morgan fingerprint density at radius 3 is 1.63 bits per heavy atom. The second kappa shape index (κ2) is 11.5. The Morgan fingerprint density at radius 2 is 1.15 bits per heavy atom. The molecule has 0 saturated carbocycles. The first-order chi connectivity index (χ1) is 21.5. The normalized spacial score (nSPS) is 35.0. The van der Waals surface area contributed by atoms with Crippen molar-refractivity contribution in [3.05, 3.63) is 39.5 Å². The van der Waals surface area contributed by atoms with E-state index in [1.807, 2.05) is 0 Å². The topological polar surface area (TPSA) is 352 Å². The lowest BCUT2D eigenvalue weighted by atomic mass is 9.81. The summed E-state index contributed by atoms with van der Waals surface area (Å²) in [5, 5.41) is 158. The maximum atomic E-state index is 13.6. The number of aliphatic hydroxyl groups is 10. The lowest BCUT2D eigenvalue weighted by Gasteiger charge is -2.47. The summed E-state index contributed by atoms with van der Waals surface area (Å²) in [6.07, 6.45) is -18.2. The quantitative estimate of drug-likeness (QED) is 0.114. The van der Waals surface area contributed by atoms with Crippen LogP contribution in [0.15, 0.2) is 27.4 Å². The van der Waals surface area contributed by atoms with Crippen molar-refractivity contribution >= 4 is 11.0 Å². The number of phenolic OH excluding ortho intramolecular Hbond substituents is 4. The van der Waals surface area contributed by atoms with E-state index in [9.17, 15) is 81.4 Å². The molecule has 2 fully saturated rings. The van der Waals surface area contributed by atoms with Crippen LogP contribution in [0.2, 0.25) is 0 Å². The summed E-state index contributed by atoms with van der Waals surface area (Å²) in [6.45, 7) is -2.29. The third-order valence-corrected chi connectivity index (χ3v) is 8.15. The zero-order valence-electron chi connectivity index (χ0n) is 23.1. The molecule has 46 heavy (non-hydrogen) atoms. The average molecular weight is 659 g/mol. The van der Waals surface area contributed by atoms with Crippen molar-refractivity contribution in [1.29, 1.82) is 0 Å². The van der Waals surface area contributed by atoms with Crippen LogP contribution in [0.3, 0.4) is 0 Å². The van der Waals surface area contributed by atoms with Crippen LogP contribution in [-0.2, 0) is 21.0 Å². The van der Waals surface area contributed by atoms with Gasteiger partial charge in [-0.2, -0.15) is 0 Å². The number of fused-ring (bicyclic) bond motifs is 1. The highest BCUT2D eigenvalue weighted by Gasteiger charge is 2.60. The molecule has 2 aliphatic rings. The molecule has 1 aromatic heterocycles. The van der Waals surface area contributed by atoms with E-state index in [0.29, 0.717) is 0 Å². The molecule has 2 aliphatic heterocycles. The molecule has 2 aromatic carbocycles. The third-order valence-electron chi connectivity index (χ3n) is 8.15. The highest BCUT2D eigenvalue weighted by atomic mass is 16.7. The molecule has 10 atom stereocenters. The summed E-state index contributed by atoms with van der Waals surface area (Å²) in [7, 11) is 0. The first-order valence-electron chi connectivity index (χ1n) is 13.4. The number of phenols is 4. The Labute approximate surface area is 255 Å². The van der Waals surface area contributed by atoms with Gasteiger partial charge in [0.05, 0.1) is 24.3 Å². The summed E-state index contributed by atoms with van der Waals surface area (Å²) < 4.78 is 16.0. The lowest BCUT2D eigenvalue weighted by molar-refractivity contribution is -0.361. The number of hydrogen-bond donors (Lipinski definition) is 15. The van der Waals surface area contributed by atoms with E-state index in [2.05, 4.69) is 0 Å². The molecule has 3 aromatic rings. The van der Waals surface area contributed by atoms with E-state index >= 15 is 0 Å². The molecule has 0 bridgehead atoms. The van der Waals surface area contributed by atoms with Gasteiger partial charge in [-0.05, 0) is 18.2 Å². The van der Waals surface area contributed by atoms with Crippen molar-refractivity contribution in [2.24, 2.45) is 0 Å². The Balaban J connectivity index is 1.94. The molecule has 5 rings (SSSR count). The summed E-state index contributed by atoms with van der Waals surface area (Å²) in [5.74, 6) is -14.0. The SMILES string of the molecule is O=c1c(O)c(-c2ccc(O)c(O)c2)oc2c(C3(O)OC(CO)C(O)C(O)C3O)c(O)c(C3(O)OC(CO)C(O)C(O)C3O)c(O)c12. The maximum absolute atomic E-state index is 13.6. The van der Waals surface area contributed by atoms with E-state index in [-0.39, 0.29) is 5.56 Å². The van der Waals surface area contributed by atoms with E-state index < -0.39 is 136 Å². The van der Waals surface area contributed by atoms with E-state index in [0.717, 1.165) is 18.2 Å². The van der Waals surface area contributed by atoms with Crippen LogP contribution in [0.1, 0.15) is 11.1 Å². The van der Waals surface area contributed by atoms with Gasteiger partial charge in [0.25, 0.3) is 0 Å². The van der Waals surface area contributed by atoms with Crippen LogP contribution in [0, 0.1) is 0 Å². The van der Waals surface area contributed by atoms with Gasteiger partial charge in [0, 0.05) is 5.56 Å². The van der Waals surface area contributed by atoms with Gasteiger partial charge in [0.1, 0.15) is 65.7 Å². The number of aliphatic hydroxyl groups excluding tert-OH is 8. The van der Waals surface area contributed by atoms with Gasteiger partial charge in [-0.15, -0.1) is 0 Å². The Kier molecular flexibility index (Phi) is 8.35. The highest BCUT2D eigenvalue weighted by molar-refractivity contribution is 5.93. The monoisotopic (exact) mass is 658 g/mol. The second-order valence-electron chi connectivity index (χ2n) is 10.9. The Morgan fingerprint density at radius 1 is 0.652 bits per heavy atom. The fourth-order valence-corrected chi connectivity index (χ4v) is 5.64. The lowest BCUT2D eigenvalue weighted by Crippen LogP contribution is -2.64. The molecule has 10 unspecified atom stereocenters. The zero-order chi connectivity index (χ0) is 34.2. The third kappa shape index (κ3) is 4.65. The Hall–Kier alpha value is -3.83. The van der Waals surface area contributed by atoms with Gasteiger partial charge < -0.3 is 90.5 Å². The van der Waals surface area contributed by atoms with Gasteiger partial charge in [-0.25, -0.2) is 0 Å². The van der Waals surface area contributed by atoms with E-state index in [1.54, 1.807) is 0 Å². The first-order valence-corrected chi connectivity index (χ1v) is 13.4. The molecule has 0 radical (unpaired) electrons. The number of hydrogen-bond acceptors (Lipinski definition) is 19. The highest BCUT2D eigenvalue weighted by Crippen LogP contribution is 2.54. The maximum Gasteiger partial charge on any atom is 0.238 e. The molecular formula is C27H30O19. The largest absolute Gasteiger partial charge is 0.507 e. The minimum Gasteiger partial charge on any atom is -0.507 e. The van der Waals surface area contributed by atoms with Crippen LogP contribution in [0.25, 0.3) is 22.3 Å². The van der Waals surface area contributed by atoms with Gasteiger partial charge >= 0.3 is 0 Å². The molecule has 2 saturated heterocycles. The molecule has 3 heterocycles.